The summed E-state index contributed by atoms with van der Waals surface area (Å²) in [5, 5.41) is 0. The molecule has 2 aromatic carbocycles. The molecule has 150 valence electrons. The molecular formula is C23H24N2O4. The summed E-state index contributed by atoms with van der Waals surface area (Å²) in [6.45, 7) is 2.57. The Labute approximate surface area is 170 Å². The molecule has 0 saturated heterocycles. The number of aromatic nitrogens is 1. The molecule has 29 heavy (non-hydrogen) atoms. The second-order valence-electron chi connectivity index (χ2n) is 6.91. The minimum Gasteiger partial charge on any atom is -0.497 e. The Morgan fingerprint density at radius 1 is 0.759 bits per heavy atom. The van der Waals surface area contributed by atoms with Gasteiger partial charge in [-0.3, -0.25) is 9.88 Å². The molecule has 0 unspecified atom stereocenters. The monoisotopic (exact) mass is 392 g/mol. The fraction of sp³-hybridized carbons (Fsp3) is 0.261. The number of hydrogen-bond acceptors (Lipinski definition) is 6. The van der Waals surface area contributed by atoms with E-state index in [9.17, 15) is 0 Å². The van der Waals surface area contributed by atoms with Crippen LogP contribution in [0.15, 0.2) is 60.9 Å². The number of ether oxygens (including phenoxy) is 4. The number of fused-ring (bicyclic) bond motifs is 1. The summed E-state index contributed by atoms with van der Waals surface area (Å²) in [7, 11) is 3.33. The predicted octanol–water partition coefficient (Wildman–Crippen LogP) is 4.03. The highest BCUT2D eigenvalue weighted by molar-refractivity contribution is 5.44. The van der Waals surface area contributed by atoms with Gasteiger partial charge in [0.25, 0.3) is 0 Å². The van der Waals surface area contributed by atoms with E-state index in [0.29, 0.717) is 0 Å². The van der Waals surface area contributed by atoms with E-state index < -0.39 is 0 Å². The quantitative estimate of drug-likeness (QED) is 0.577. The van der Waals surface area contributed by atoms with Gasteiger partial charge in [-0.1, -0.05) is 6.07 Å². The molecule has 0 N–H and O–H groups in total. The molecule has 6 heteroatoms. The van der Waals surface area contributed by atoms with Gasteiger partial charge in [-0.05, 0) is 53.1 Å². The van der Waals surface area contributed by atoms with E-state index >= 15 is 0 Å². The van der Waals surface area contributed by atoms with Gasteiger partial charge in [0.2, 0.25) is 6.79 Å². The summed E-state index contributed by atoms with van der Waals surface area (Å²) in [5.74, 6) is 3.17. The van der Waals surface area contributed by atoms with Crippen molar-refractivity contribution in [1.82, 2.24) is 9.88 Å². The zero-order valence-corrected chi connectivity index (χ0v) is 16.6. The summed E-state index contributed by atoms with van der Waals surface area (Å²) in [6, 6.07) is 16.2. The van der Waals surface area contributed by atoms with Crippen LogP contribution in [0, 0.1) is 0 Å². The van der Waals surface area contributed by atoms with Crippen LogP contribution in [0.5, 0.6) is 23.0 Å². The lowest BCUT2D eigenvalue weighted by atomic mass is 10.1. The van der Waals surface area contributed by atoms with E-state index in [1.165, 1.54) is 5.56 Å². The van der Waals surface area contributed by atoms with Gasteiger partial charge < -0.3 is 18.9 Å². The lowest BCUT2D eigenvalue weighted by Crippen LogP contribution is -2.22. The number of benzene rings is 2. The third-order valence-electron chi connectivity index (χ3n) is 4.82. The lowest BCUT2D eigenvalue weighted by molar-refractivity contribution is 0.174. The first-order valence-electron chi connectivity index (χ1n) is 9.45. The summed E-state index contributed by atoms with van der Waals surface area (Å²) >= 11 is 0. The average molecular weight is 392 g/mol. The molecule has 6 nitrogen and oxygen atoms in total. The molecule has 0 spiro atoms. The molecule has 0 radical (unpaired) electrons. The maximum atomic E-state index is 5.54. The Morgan fingerprint density at radius 3 is 2.14 bits per heavy atom. The van der Waals surface area contributed by atoms with Gasteiger partial charge in [-0.15, -0.1) is 0 Å². The molecule has 0 fully saturated rings. The Kier molecular flexibility index (Phi) is 5.81. The number of methoxy groups -OCH3 is 2. The van der Waals surface area contributed by atoms with Crippen molar-refractivity contribution >= 4 is 0 Å². The van der Waals surface area contributed by atoms with Crippen LogP contribution >= 0.6 is 0 Å². The van der Waals surface area contributed by atoms with Crippen molar-refractivity contribution in [3.05, 3.63) is 77.6 Å². The zero-order chi connectivity index (χ0) is 20.1. The molecular weight excluding hydrogens is 368 g/mol. The first-order chi connectivity index (χ1) is 14.2. The first-order valence-corrected chi connectivity index (χ1v) is 9.45. The topological polar surface area (TPSA) is 53.1 Å². The number of hydrogen-bond donors (Lipinski definition) is 0. The maximum absolute atomic E-state index is 5.54. The molecule has 0 bridgehead atoms. The van der Waals surface area contributed by atoms with Gasteiger partial charge in [0, 0.05) is 38.1 Å². The highest BCUT2D eigenvalue weighted by Gasteiger charge is 2.16. The van der Waals surface area contributed by atoms with Crippen LogP contribution in [0.2, 0.25) is 0 Å². The van der Waals surface area contributed by atoms with E-state index in [-0.39, 0.29) is 6.79 Å². The molecule has 0 atom stereocenters. The van der Waals surface area contributed by atoms with Crippen LogP contribution in [0.4, 0.5) is 0 Å². The standard InChI is InChI=1S/C23H24N2O4/c1-26-20-9-19(10-21(12-20)27-2)15-25(13-17-5-7-24-8-6-17)14-18-3-4-22-23(11-18)29-16-28-22/h3-12H,13-16H2,1-2H3. The van der Waals surface area contributed by atoms with Crippen molar-refractivity contribution in [3.8, 4) is 23.0 Å². The van der Waals surface area contributed by atoms with Gasteiger partial charge >= 0.3 is 0 Å². The molecule has 0 aliphatic carbocycles. The van der Waals surface area contributed by atoms with E-state index in [1.54, 1.807) is 14.2 Å². The fourth-order valence-electron chi connectivity index (χ4n) is 3.43. The minimum atomic E-state index is 0.281. The van der Waals surface area contributed by atoms with Crippen molar-refractivity contribution < 1.29 is 18.9 Å². The maximum Gasteiger partial charge on any atom is 0.231 e. The summed E-state index contributed by atoms with van der Waals surface area (Å²) in [5.41, 5.74) is 3.49. The van der Waals surface area contributed by atoms with Crippen molar-refractivity contribution in [3.63, 3.8) is 0 Å². The Morgan fingerprint density at radius 2 is 1.41 bits per heavy atom. The van der Waals surface area contributed by atoms with Gasteiger partial charge in [-0.25, -0.2) is 0 Å². The number of rotatable bonds is 8. The molecule has 2 heterocycles. The molecule has 0 saturated carbocycles. The van der Waals surface area contributed by atoms with E-state index in [4.69, 9.17) is 18.9 Å². The normalized spacial score (nSPS) is 12.2. The van der Waals surface area contributed by atoms with E-state index in [1.807, 2.05) is 54.9 Å². The molecule has 1 aliphatic rings. The largest absolute Gasteiger partial charge is 0.497 e. The highest BCUT2D eigenvalue weighted by atomic mass is 16.7. The van der Waals surface area contributed by atoms with Crippen LogP contribution in [0.3, 0.4) is 0 Å². The van der Waals surface area contributed by atoms with Crippen LogP contribution < -0.4 is 18.9 Å². The number of nitrogens with zero attached hydrogens (tertiary/aromatic N) is 2. The minimum absolute atomic E-state index is 0.281. The molecule has 0 amide bonds. The van der Waals surface area contributed by atoms with Gasteiger partial charge in [0.15, 0.2) is 11.5 Å². The molecule has 3 aromatic rings. The summed E-state index contributed by atoms with van der Waals surface area (Å²) < 4.78 is 21.8. The fourth-order valence-corrected chi connectivity index (χ4v) is 3.43. The Hall–Kier alpha value is -3.25. The summed E-state index contributed by atoms with van der Waals surface area (Å²) in [4.78, 5) is 6.49. The first kappa shape index (κ1) is 19.1. The van der Waals surface area contributed by atoms with Crippen molar-refractivity contribution in [1.29, 1.82) is 0 Å². The average Bonchev–Trinajstić information content (AvgIpc) is 3.22. The zero-order valence-electron chi connectivity index (χ0n) is 16.6. The van der Waals surface area contributed by atoms with Crippen LogP contribution in [0.25, 0.3) is 0 Å². The van der Waals surface area contributed by atoms with E-state index in [0.717, 1.165) is 53.8 Å². The summed E-state index contributed by atoms with van der Waals surface area (Å²) in [6.07, 6.45) is 3.64. The SMILES string of the molecule is COc1cc(CN(Cc2ccncc2)Cc2ccc3c(c2)OCO3)cc(OC)c1. The smallest absolute Gasteiger partial charge is 0.231 e. The molecule has 1 aromatic heterocycles. The molecule has 1 aliphatic heterocycles. The van der Waals surface area contributed by atoms with Crippen LogP contribution in [-0.4, -0.2) is 30.9 Å². The highest BCUT2D eigenvalue weighted by Crippen LogP contribution is 2.33. The van der Waals surface area contributed by atoms with Crippen LogP contribution in [0.1, 0.15) is 16.7 Å². The predicted molar refractivity (Wildman–Crippen MR) is 109 cm³/mol. The number of pyridine rings is 1. The lowest BCUT2D eigenvalue weighted by Gasteiger charge is -2.23. The third-order valence-corrected chi connectivity index (χ3v) is 4.82. The van der Waals surface area contributed by atoms with Gasteiger partial charge in [0.1, 0.15) is 11.5 Å². The van der Waals surface area contributed by atoms with Crippen molar-refractivity contribution in [2.24, 2.45) is 0 Å². The molecule has 4 rings (SSSR count). The van der Waals surface area contributed by atoms with E-state index in [2.05, 4.69) is 16.0 Å². The Balaban J connectivity index is 1.58. The Bertz CT molecular complexity index is 940. The third kappa shape index (κ3) is 4.78. The van der Waals surface area contributed by atoms with Gasteiger partial charge in [-0.2, -0.15) is 0 Å². The van der Waals surface area contributed by atoms with Crippen LogP contribution in [-0.2, 0) is 19.6 Å². The second-order valence-corrected chi connectivity index (χ2v) is 6.91. The second kappa shape index (κ2) is 8.84. The van der Waals surface area contributed by atoms with Crippen molar-refractivity contribution in [2.75, 3.05) is 21.0 Å². The van der Waals surface area contributed by atoms with Gasteiger partial charge in [0.05, 0.1) is 14.2 Å². The van der Waals surface area contributed by atoms with Crippen molar-refractivity contribution in [2.45, 2.75) is 19.6 Å².